The fraction of sp³-hybridized carbons (Fsp3) is 0.619. The number of nitrogens with zero attached hydrogens (tertiary/aromatic N) is 3. The molecular formula is C21H33IN4O5. The Morgan fingerprint density at radius 2 is 2.03 bits per heavy atom. The van der Waals surface area contributed by atoms with Crippen LogP contribution in [-0.4, -0.2) is 61.2 Å². The first-order valence-corrected chi connectivity index (χ1v) is 10.6. The molecule has 9 nitrogen and oxygen atoms in total. The molecule has 1 unspecified atom stereocenters. The highest BCUT2D eigenvalue weighted by Crippen LogP contribution is 2.19. The molecule has 0 bridgehead atoms. The number of aliphatic imine (C=N–C) groups is 1. The van der Waals surface area contributed by atoms with Crippen molar-refractivity contribution in [2.24, 2.45) is 10.9 Å². The van der Waals surface area contributed by atoms with E-state index in [2.05, 4.69) is 10.2 Å². The van der Waals surface area contributed by atoms with Gasteiger partial charge in [0.15, 0.2) is 5.96 Å². The second-order valence-corrected chi connectivity index (χ2v) is 7.08. The van der Waals surface area contributed by atoms with Crippen LogP contribution in [0, 0.1) is 16.0 Å². The Hall–Kier alpha value is -1.95. The second-order valence-electron chi connectivity index (χ2n) is 7.08. The Balaban J connectivity index is 0.00000480. The van der Waals surface area contributed by atoms with Gasteiger partial charge in [-0.15, -0.1) is 24.0 Å². The van der Waals surface area contributed by atoms with E-state index in [9.17, 15) is 14.9 Å². The molecule has 31 heavy (non-hydrogen) atoms. The van der Waals surface area contributed by atoms with Crippen molar-refractivity contribution in [2.45, 2.75) is 39.7 Å². The summed E-state index contributed by atoms with van der Waals surface area (Å²) >= 11 is 0. The minimum atomic E-state index is -0.415. The summed E-state index contributed by atoms with van der Waals surface area (Å²) in [4.78, 5) is 29.4. The van der Waals surface area contributed by atoms with Crippen molar-refractivity contribution in [3.05, 3.63) is 39.9 Å². The van der Waals surface area contributed by atoms with E-state index in [-0.39, 0.29) is 41.6 Å². The van der Waals surface area contributed by atoms with Crippen LogP contribution in [-0.2, 0) is 20.8 Å². The zero-order valence-corrected chi connectivity index (χ0v) is 20.6. The fourth-order valence-corrected chi connectivity index (χ4v) is 3.30. The van der Waals surface area contributed by atoms with Crippen LogP contribution in [0.25, 0.3) is 0 Å². The number of esters is 1. The van der Waals surface area contributed by atoms with E-state index in [4.69, 9.17) is 14.5 Å². The van der Waals surface area contributed by atoms with Gasteiger partial charge in [0, 0.05) is 45.0 Å². The van der Waals surface area contributed by atoms with E-state index >= 15 is 0 Å². The van der Waals surface area contributed by atoms with Crippen molar-refractivity contribution in [2.75, 3.05) is 39.5 Å². The van der Waals surface area contributed by atoms with Crippen LogP contribution >= 0.6 is 24.0 Å². The number of nitro benzene ring substituents is 1. The van der Waals surface area contributed by atoms with Gasteiger partial charge in [-0.05, 0) is 38.7 Å². The number of guanidine groups is 1. The summed E-state index contributed by atoms with van der Waals surface area (Å²) in [6.07, 6.45) is 2.55. The summed E-state index contributed by atoms with van der Waals surface area (Å²) in [5.74, 6) is 0.417. The molecule has 0 radical (unpaired) electrons. The number of carbonyl (C=O) groups excluding carboxylic acids is 1. The Bertz CT molecular complexity index is 714. The average molecular weight is 548 g/mol. The number of ether oxygens (including phenoxy) is 2. The van der Waals surface area contributed by atoms with Gasteiger partial charge in [-0.2, -0.15) is 0 Å². The number of hydrogen-bond acceptors (Lipinski definition) is 6. The molecule has 1 fully saturated rings. The van der Waals surface area contributed by atoms with Crippen LogP contribution in [0.3, 0.4) is 0 Å². The lowest BCUT2D eigenvalue weighted by atomic mass is 9.98. The second kappa shape index (κ2) is 15.0. The van der Waals surface area contributed by atoms with Crippen molar-refractivity contribution >= 4 is 41.6 Å². The molecule has 0 saturated carbocycles. The number of likely N-dealkylation sites (tertiary alicyclic amines) is 1. The third kappa shape index (κ3) is 9.38. The first-order valence-electron chi connectivity index (χ1n) is 10.6. The van der Waals surface area contributed by atoms with Gasteiger partial charge in [-0.1, -0.05) is 12.1 Å². The van der Waals surface area contributed by atoms with E-state index in [0.29, 0.717) is 39.5 Å². The van der Waals surface area contributed by atoms with Gasteiger partial charge in [0.25, 0.3) is 5.69 Å². The minimum Gasteiger partial charge on any atom is -0.466 e. The molecule has 10 heteroatoms. The molecule has 1 saturated heterocycles. The number of carbonyl (C=O) groups is 1. The first kappa shape index (κ1) is 27.1. The Morgan fingerprint density at radius 1 is 1.29 bits per heavy atom. The molecule has 0 aromatic heterocycles. The zero-order chi connectivity index (χ0) is 21.8. The molecule has 1 aliphatic rings. The number of non-ortho nitro benzene ring substituents is 1. The lowest BCUT2D eigenvalue weighted by molar-refractivity contribution is -0.384. The van der Waals surface area contributed by atoms with Gasteiger partial charge in [0.1, 0.15) is 0 Å². The standard InChI is InChI=1S/C21H32N4O5.HI/c1-3-29-14-6-12-22-21(23-15-17-8-10-19(11-9-17)25(27)28)24-13-5-7-18(16-24)20(26)30-4-2;/h8-11,18H,3-7,12-16H2,1-2H3,(H,22,23);1H. The van der Waals surface area contributed by atoms with Gasteiger partial charge < -0.3 is 19.7 Å². The third-order valence-electron chi connectivity index (χ3n) is 4.85. The summed E-state index contributed by atoms with van der Waals surface area (Å²) in [5.41, 5.74) is 0.943. The van der Waals surface area contributed by atoms with E-state index in [1.165, 1.54) is 12.1 Å². The molecule has 1 atom stereocenters. The quantitative estimate of drug-likeness (QED) is 0.0909. The fourth-order valence-electron chi connectivity index (χ4n) is 3.30. The maximum atomic E-state index is 12.2. The first-order chi connectivity index (χ1) is 14.5. The van der Waals surface area contributed by atoms with E-state index in [1.807, 2.05) is 13.8 Å². The highest BCUT2D eigenvalue weighted by molar-refractivity contribution is 14.0. The van der Waals surface area contributed by atoms with E-state index < -0.39 is 4.92 Å². The number of nitrogens with one attached hydrogen (secondary N) is 1. The van der Waals surface area contributed by atoms with Gasteiger partial charge in [0.05, 0.1) is 24.0 Å². The molecule has 1 aromatic rings. The summed E-state index contributed by atoms with van der Waals surface area (Å²) < 4.78 is 10.6. The number of nitro groups is 1. The Labute approximate surface area is 200 Å². The van der Waals surface area contributed by atoms with Gasteiger partial charge in [-0.3, -0.25) is 14.9 Å². The number of benzene rings is 1. The van der Waals surface area contributed by atoms with Crippen LogP contribution in [0.15, 0.2) is 29.3 Å². The number of rotatable bonds is 10. The number of piperidine rings is 1. The number of halogens is 1. The SMILES string of the molecule is CCOCCCNC(=NCc1ccc([N+](=O)[O-])cc1)N1CCCC(C(=O)OCC)C1.I. The monoisotopic (exact) mass is 548 g/mol. The predicted octanol–water partition coefficient (Wildman–Crippen LogP) is 3.36. The van der Waals surface area contributed by atoms with Crippen molar-refractivity contribution in [1.82, 2.24) is 10.2 Å². The predicted molar refractivity (Wildman–Crippen MR) is 130 cm³/mol. The van der Waals surface area contributed by atoms with Crippen LogP contribution in [0.4, 0.5) is 5.69 Å². The lowest BCUT2D eigenvalue weighted by Gasteiger charge is -2.34. The van der Waals surface area contributed by atoms with Crippen molar-refractivity contribution < 1.29 is 19.2 Å². The smallest absolute Gasteiger partial charge is 0.310 e. The molecular weight excluding hydrogens is 515 g/mol. The van der Waals surface area contributed by atoms with E-state index in [0.717, 1.165) is 37.3 Å². The molecule has 2 rings (SSSR count). The maximum absolute atomic E-state index is 12.2. The Morgan fingerprint density at radius 3 is 2.68 bits per heavy atom. The molecule has 0 aliphatic carbocycles. The normalized spacial score (nSPS) is 16.4. The minimum absolute atomic E-state index is 0. The van der Waals surface area contributed by atoms with Gasteiger partial charge in [0.2, 0.25) is 0 Å². The zero-order valence-electron chi connectivity index (χ0n) is 18.2. The molecule has 174 valence electrons. The van der Waals surface area contributed by atoms with Crippen LogP contribution < -0.4 is 5.32 Å². The van der Waals surface area contributed by atoms with Crippen molar-refractivity contribution in [1.29, 1.82) is 0 Å². The van der Waals surface area contributed by atoms with Crippen LogP contribution in [0.5, 0.6) is 0 Å². The largest absolute Gasteiger partial charge is 0.466 e. The summed E-state index contributed by atoms with van der Waals surface area (Å²) in [6.45, 7) is 8.00. The summed E-state index contributed by atoms with van der Waals surface area (Å²) in [5, 5.41) is 14.2. The van der Waals surface area contributed by atoms with Gasteiger partial charge >= 0.3 is 5.97 Å². The highest BCUT2D eigenvalue weighted by Gasteiger charge is 2.28. The lowest BCUT2D eigenvalue weighted by Crippen LogP contribution is -2.48. The highest BCUT2D eigenvalue weighted by atomic mass is 127. The summed E-state index contributed by atoms with van der Waals surface area (Å²) in [7, 11) is 0. The number of hydrogen-bond donors (Lipinski definition) is 1. The van der Waals surface area contributed by atoms with Crippen molar-refractivity contribution in [3.63, 3.8) is 0 Å². The molecule has 0 amide bonds. The van der Waals surface area contributed by atoms with Crippen molar-refractivity contribution in [3.8, 4) is 0 Å². The topological polar surface area (TPSA) is 106 Å². The summed E-state index contributed by atoms with van der Waals surface area (Å²) in [6, 6.07) is 6.40. The van der Waals surface area contributed by atoms with Crippen LogP contribution in [0.1, 0.15) is 38.7 Å². The molecule has 0 spiro atoms. The Kier molecular flexibility index (Phi) is 13.1. The van der Waals surface area contributed by atoms with Crippen LogP contribution in [0.2, 0.25) is 0 Å². The molecule has 1 aliphatic heterocycles. The maximum Gasteiger partial charge on any atom is 0.310 e. The van der Waals surface area contributed by atoms with E-state index in [1.54, 1.807) is 12.1 Å². The molecule has 1 heterocycles. The van der Waals surface area contributed by atoms with Gasteiger partial charge in [-0.25, -0.2) is 4.99 Å². The molecule has 1 aromatic carbocycles. The third-order valence-corrected chi connectivity index (χ3v) is 4.85. The average Bonchev–Trinajstić information content (AvgIpc) is 2.76. The molecule has 1 N–H and O–H groups in total.